The summed E-state index contributed by atoms with van der Waals surface area (Å²) in [7, 11) is 0. The Kier molecular flexibility index (Phi) is 2.39. The highest BCUT2D eigenvalue weighted by atomic mass is 15.2. The summed E-state index contributed by atoms with van der Waals surface area (Å²) in [5, 5.41) is 0. The molecular weight excluding hydrogens is 158 g/mol. The first kappa shape index (κ1) is 9.51. The van der Waals surface area contributed by atoms with Crippen molar-refractivity contribution in [3.05, 3.63) is 0 Å². The SMILES string of the molecule is CCN1CCC(C(C)C)CC12CC2. The molecule has 1 atom stereocenters. The lowest BCUT2D eigenvalue weighted by molar-refractivity contribution is 0.0816. The van der Waals surface area contributed by atoms with Crippen molar-refractivity contribution in [2.75, 3.05) is 13.1 Å². The fourth-order valence-electron chi connectivity index (χ4n) is 3.01. The lowest BCUT2D eigenvalue weighted by Crippen LogP contribution is -2.45. The predicted molar refractivity (Wildman–Crippen MR) is 56.8 cm³/mol. The molecule has 1 heteroatoms. The molecule has 0 bridgehead atoms. The molecule has 0 aromatic heterocycles. The standard InChI is InChI=1S/C12H23N/c1-4-13-8-5-11(10(2)3)9-12(13)6-7-12/h10-11H,4-9H2,1-3H3. The molecule has 1 nitrogen and oxygen atoms in total. The third-order valence-corrected chi connectivity index (χ3v) is 4.23. The van der Waals surface area contributed by atoms with Crippen molar-refractivity contribution in [1.82, 2.24) is 4.90 Å². The van der Waals surface area contributed by atoms with Gasteiger partial charge in [0.2, 0.25) is 0 Å². The molecule has 1 unspecified atom stereocenters. The Balaban J connectivity index is 1.99. The Bertz CT molecular complexity index is 182. The summed E-state index contributed by atoms with van der Waals surface area (Å²) >= 11 is 0. The van der Waals surface area contributed by atoms with Crippen LogP contribution in [0.4, 0.5) is 0 Å². The molecule has 1 spiro atoms. The van der Waals surface area contributed by atoms with Gasteiger partial charge in [0.15, 0.2) is 0 Å². The van der Waals surface area contributed by atoms with Crippen LogP contribution in [-0.2, 0) is 0 Å². The van der Waals surface area contributed by atoms with Gasteiger partial charge in [0.05, 0.1) is 0 Å². The van der Waals surface area contributed by atoms with E-state index in [1.807, 2.05) is 0 Å². The zero-order chi connectivity index (χ0) is 9.47. The van der Waals surface area contributed by atoms with Gasteiger partial charge in [-0.25, -0.2) is 0 Å². The first-order chi connectivity index (χ1) is 6.18. The second-order valence-corrected chi connectivity index (χ2v) is 5.30. The van der Waals surface area contributed by atoms with Gasteiger partial charge < -0.3 is 0 Å². The minimum atomic E-state index is 0.682. The van der Waals surface area contributed by atoms with E-state index in [1.165, 1.54) is 38.8 Å². The third-order valence-electron chi connectivity index (χ3n) is 4.23. The molecule has 2 aliphatic rings. The Morgan fingerprint density at radius 2 is 2.08 bits per heavy atom. The highest BCUT2D eigenvalue weighted by Crippen LogP contribution is 2.50. The molecule has 1 aliphatic heterocycles. The summed E-state index contributed by atoms with van der Waals surface area (Å²) in [6.45, 7) is 9.73. The third kappa shape index (κ3) is 1.63. The van der Waals surface area contributed by atoms with E-state index in [-0.39, 0.29) is 0 Å². The van der Waals surface area contributed by atoms with Gasteiger partial charge >= 0.3 is 0 Å². The van der Waals surface area contributed by atoms with Gasteiger partial charge in [-0.3, -0.25) is 4.90 Å². The fourth-order valence-corrected chi connectivity index (χ4v) is 3.01. The van der Waals surface area contributed by atoms with Crippen LogP contribution in [0.1, 0.15) is 46.5 Å². The Morgan fingerprint density at radius 1 is 1.38 bits per heavy atom. The van der Waals surface area contributed by atoms with Crippen molar-refractivity contribution in [3.63, 3.8) is 0 Å². The predicted octanol–water partition coefficient (Wildman–Crippen LogP) is 2.91. The van der Waals surface area contributed by atoms with Crippen LogP contribution in [0.5, 0.6) is 0 Å². The van der Waals surface area contributed by atoms with Gasteiger partial charge in [-0.2, -0.15) is 0 Å². The van der Waals surface area contributed by atoms with Crippen molar-refractivity contribution in [2.24, 2.45) is 11.8 Å². The van der Waals surface area contributed by atoms with E-state index in [4.69, 9.17) is 0 Å². The van der Waals surface area contributed by atoms with Crippen molar-refractivity contribution < 1.29 is 0 Å². The molecule has 0 amide bonds. The summed E-state index contributed by atoms with van der Waals surface area (Å²) < 4.78 is 0. The Labute approximate surface area is 82.5 Å². The minimum Gasteiger partial charge on any atom is -0.298 e. The summed E-state index contributed by atoms with van der Waals surface area (Å²) in [5.74, 6) is 1.90. The summed E-state index contributed by atoms with van der Waals surface area (Å²) in [6, 6.07) is 0. The van der Waals surface area contributed by atoms with E-state index >= 15 is 0 Å². The van der Waals surface area contributed by atoms with E-state index < -0.39 is 0 Å². The molecule has 2 rings (SSSR count). The monoisotopic (exact) mass is 181 g/mol. The van der Waals surface area contributed by atoms with Crippen LogP contribution >= 0.6 is 0 Å². The number of likely N-dealkylation sites (tertiary alicyclic amines) is 1. The van der Waals surface area contributed by atoms with E-state index in [2.05, 4.69) is 25.7 Å². The van der Waals surface area contributed by atoms with Crippen molar-refractivity contribution in [2.45, 2.75) is 52.0 Å². The van der Waals surface area contributed by atoms with Crippen LogP contribution in [0.2, 0.25) is 0 Å². The Hall–Kier alpha value is -0.0400. The molecule has 13 heavy (non-hydrogen) atoms. The maximum atomic E-state index is 2.73. The van der Waals surface area contributed by atoms with Gasteiger partial charge in [-0.1, -0.05) is 20.8 Å². The topological polar surface area (TPSA) is 3.24 Å². The smallest absolute Gasteiger partial charge is 0.0213 e. The zero-order valence-corrected chi connectivity index (χ0v) is 9.34. The van der Waals surface area contributed by atoms with E-state index in [1.54, 1.807) is 0 Å². The van der Waals surface area contributed by atoms with Crippen molar-refractivity contribution in [3.8, 4) is 0 Å². The van der Waals surface area contributed by atoms with Crippen LogP contribution in [0.3, 0.4) is 0 Å². The molecular formula is C12H23N. The van der Waals surface area contributed by atoms with E-state index in [9.17, 15) is 0 Å². The minimum absolute atomic E-state index is 0.682. The van der Waals surface area contributed by atoms with Crippen LogP contribution in [0, 0.1) is 11.8 Å². The van der Waals surface area contributed by atoms with E-state index in [0.717, 1.165) is 11.8 Å². The lowest BCUT2D eigenvalue weighted by Gasteiger charge is -2.41. The number of nitrogens with zero attached hydrogens (tertiary/aromatic N) is 1. The molecule has 0 N–H and O–H groups in total. The van der Waals surface area contributed by atoms with Gasteiger partial charge in [0.1, 0.15) is 0 Å². The van der Waals surface area contributed by atoms with Gasteiger partial charge in [-0.15, -0.1) is 0 Å². The van der Waals surface area contributed by atoms with Gasteiger partial charge in [-0.05, 0) is 50.6 Å². The maximum absolute atomic E-state index is 2.73. The van der Waals surface area contributed by atoms with Crippen LogP contribution in [0.15, 0.2) is 0 Å². The van der Waals surface area contributed by atoms with E-state index in [0.29, 0.717) is 5.54 Å². The molecule has 0 radical (unpaired) electrons. The molecule has 76 valence electrons. The second-order valence-electron chi connectivity index (χ2n) is 5.30. The largest absolute Gasteiger partial charge is 0.298 e. The van der Waals surface area contributed by atoms with Crippen LogP contribution in [-0.4, -0.2) is 23.5 Å². The number of hydrogen-bond acceptors (Lipinski definition) is 1. The van der Waals surface area contributed by atoms with Crippen LogP contribution in [0.25, 0.3) is 0 Å². The number of hydrogen-bond donors (Lipinski definition) is 0. The highest BCUT2D eigenvalue weighted by Gasteiger charge is 2.50. The Morgan fingerprint density at radius 3 is 2.54 bits per heavy atom. The fraction of sp³-hybridized carbons (Fsp3) is 1.00. The quantitative estimate of drug-likeness (QED) is 0.633. The maximum Gasteiger partial charge on any atom is 0.0213 e. The second kappa shape index (κ2) is 3.27. The van der Waals surface area contributed by atoms with Crippen LogP contribution < -0.4 is 0 Å². The van der Waals surface area contributed by atoms with Gasteiger partial charge in [0.25, 0.3) is 0 Å². The number of rotatable bonds is 2. The normalized spacial score (nSPS) is 32.8. The molecule has 0 aromatic rings. The first-order valence-corrected chi connectivity index (χ1v) is 5.93. The zero-order valence-electron chi connectivity index (χ0n) is 9.34. The average molecular weight is 181 g/mol. The molecule has 1 heterocycles. The van der Waals surface area contributed by atoms with Crippen molar-refractivity contribution in [1.29, 1.82) is 0 Å². The summed E-state index contributed by atoms with van der Waals surface area (Å²) in [6.07, 6.45) is 5.87. The molecule has 1 aliphatic carbocycles. The number of piperidine rings is 1. The molecule has 1 saturated heterocycles. The molecule has 0 aromatic carbocycles. The average Bonchev–Trinajstić information content (AvgIpc) is 2.85. The highest BCUT2D eigenvalue weighted by molar-refractivity contribution is 5.07. The lowest BCUT2D eigenvalue weighted by atomic mass is 9.81. The first-order valence-electron chi connectivity index (χ1n) is 5.93. The van der Waals surface area contributed by atoms with Crippen molar-refractivity contribution >= 4 is 0 Å². The summed E-state index contributed by atoms with van der Waals surface area (Å²) in [4.78, 5) is 2.73. The molecule has 1 saturated carbocycles. The summed E-state index contributed by atoms with van der Waals surface area (Å²) in [5.41, 5.74) is 0.682. The van der Waals surface area contributed by atoms with Gasteiger partial charge in [0, 0.05) is 5.54 Å². The molecule has 2 fully saturated rings.